The first-order valence-corrected chi connectivity index (χ1v) is 34.6. The van der Waals surface area contributed by atoms with Gasteiger partial charge in [0, 0.05) is 19.3 Å². The molecule has 462 valence electrons. The Morgan fingerprint density at radius 1 is 0.263 bits per heavy atom. The molecule has 0 aliphatic rings. The SMILES string of the molecule is CC/C=C\C/C=C\C/C=C\C/C=C\C/C=C\CCCCCC(=O)OC(COC(=O)CCCCCCC/C=C\C/C=C\CCCCCC)COC(=O)CCCCCCCCCCCCCCCCCCCCCCCCCCCCC. The second-order valence-electron chi connectivity index (χ2n) is 23.1. The molecule has 0 spiro atoms. The summed E-state index contributed by atoms with van der Waals surface area (Å²) in [5.41, 5.74) is 0. The molecule has 0 aromatic heterocycles. The van der Waals surface area contributed by atoms with Crippen LogP contribution >= 0.6 is 0 Å². The van der Waals surface area contributed by atoms with Gasteiger partial charge in [-0.3, -0.25) is 14.4 Å². The molecule has 0 aromatic rings. The smallest absolute Gasteiger partial charge is 0.306 e. The molecular formula is C74H130O6. The Balaban J connectivity index is 4.33. The van der Waals surface area contributed by atoms with Crippen LogP contribution in [0.1, 0.15) is 348 Å². The van der Waals surface area contributed by atoms with E-state index in [-0.39, 0.29) is 37.5 Å². The maximum atomic E-state index is 12.9. The van der Waals surface area contributed by atoms with E-state index in [1.165, 1.54) is 186 Å². The monoisotopic (exact) mass is 1110 g/mol. The highest BCUT2D eigenvalue weighted by Crippen LogP contribution is 2.18. The van der Waals surface area contributed by atoms with Crippen LogP contribution in [0.2, 0.25) is 0 Å². The fourth-order valence-electron chi connectivity index (χ4n) is 9.97. The van der Waals surface area contributed by atoms with Crippen molar-refractivity contribution in [2.75, 3.05) is 13.2 Å². The van der Waals surface area contributed by atoms with E-state index in [1.807, 2.05) is 0 Å². The lowest BCUT2D eigenvalue weighted by molar-refractivity contribution is -0.167. The van der Waals surface area contributed by atoms with Crippen molar-refractivity contribution < 1.29 is 28.6 Å². The minimum absolute atomic E-state index is 0.0920. The van der Waals surface area contributed by atoms with Crippen LogP contribution in [0, 0.1) is 0 Å². The average molecular weight is 1120 g/mol. The fraction of sp³-hybridized carbons (Fsp3) is 0.770. The highest BCUT2D eigenvalue weighted by molar-refractivity contribution is 5.71. The number of hydrogen-bond donors (Lipinski definition) is 0. The van der Waals surface area contributed by atoms with Gasteiger partial charge in [0.15, 0.2) is 6.10 Å². The molecule has 0 N–H and O–H groups in total. The molecule has 80 heavy (non-hydrogen) atoms. The second kappa shape index (κ2) is 68.1. The molecule has 0 aliphatic carbocycles. The lowest BCUT2D eigenvalue weighted by Gasteiger charge is -2.18. The number of esters is 3. The predicted octanol–water partition coefficient (Wildman–Crippen LogP) is 23.8. The summed E-state index contributed by atoms with van der Waals surface area (Å²) in [4.78, 5) is 38.4. The van der Waals surface area contributed by atoms with Crippen LogP contribution in [0.15, 0.2) is 85.1 Å². The molecule has 0 radical (unpaired) electrons. The van der Waals surface area contributed by atoms with Crippen molar-refractivity contribution in [1.82, 2.24) is 0 Å². The molecule has 1 atom stereocenters. The summed E-state index contributed by atoms with van der Waals surface area (Å²) in [7, 11) is 0. The van der Waals surface area contributed by atoms with E-state index in [0.29, 0.717) is 12.8 Å². The molecule has 0 fully saturated rings. The predicted molar refractivity (Wildman–Crippen MR) is 348 cm³/mol. The van der Waals surface area contributed by atoms with E-state index < -0.39 is 6.10 Å². The number of unbranched alkanes of at least 4 members (excludes halogenated alkanes) is 38. The lowest BCUT2D eigenvalue weighted by atomic mass is 10.0. The third-order valence-corrected chi connectivity index (χ3v) is 15.1. The number of hydrogen-bond acceptors (Lipinski definition) is 6. The first kappa shape index (κ1) is 76.6. The van der Waals surface area contributed by atoms with E-state index >= 15 is 0 Å². The summed E-state index contributed by atoms with van der Waals surface area (Å²) >= 11 is 0. The molecule has 0 heterocycles. The minimum Gasteiger partial charge on any atom is -0.462 e. The molecule has 0 aromatic carbocycles. The Bertz CT molecular complexity index is 1520. The minimum atomic E-state index is -0.801. The van der Waals surface area contributed by atoms with Crippen LogP contribution in [-0.4, -0.2) is 37.2 Å². The van der Waals surface area contributed by atoms with E-state index in [2.05, 4.69) is 106 Å². The van der Waals surface area contributed by atoms with Crippen molar-refractivity contribution >= 4 is 17.9 Å². The van der Waals surface area contributed by atoms with Gasteiger partial charge in [-0.2, -0.15) is 0 Å². The first-order valence-electron chi connectivity index (χ1n) is 34.6. The van der Waals surface area contributed by atoms with Gasteiger partial charge in [0.2, 0.25) is 0 Å². The quantitative estimate of drug-likeness (QED) is 0.0261. The molecule has 0 amide bonds. The van der Waals surface area contributed by atoms with E-state index in [4.69, 9.17) is 14.2 Å². The lowest BCUT2D eigenvalue weighted by Crippen LogP contribution is -2.30. The normalized spacial score (nSPS) is 12.6. The Kier molecular flexibility index (Phi) is 65.2. The first-order chi connectivity index (χ1) is 39.5. The van der Waals surface area contributed by atoms with Gasteiger partial charge >= 0.3 is 17.9 Å². The van der Waals surface area contributed by atoms with Crippen LogP contribution in [-0.2, 0) is 28.6 Å². The van der Waals surface area contributed by atoms with Crippen molar-refractivity contribution in [2.24, 2.45) is 0 Å². The Morgan fingerprint density at radius 3 is 0.787 bits per heavy atom. The van der Waals surface area contributed by atoms with E-state index in [9.17, 15) is 14.4 Å². The summed E-state index contributed by atoms with van der Waals surface area (Å²) < 4.78 is 16.9. The zero-order valence-electron chi connectivity index (χ0n) is 53.1. The number of allylic oxidation sites excluding steroid dienone is 14. The summed E-state index contributed by atoms with van der Waals surface area (Å²) in [5.74, 6) is -0.923. The standard InChI is InChI=1S/C74H130O6/c1-4-7-10-13-16-19-22-25-28-31-33-34-35-36-37-38-39-40-42-43-46-49-52-55-58-61-64-67-73(76)79-70-71(69-78-72(75)66-63-60-57-54-51-48-45-30-27-24-21-18-15-12-9-6-3)80-74(77)68-65-62-59-56-53-50-47-44-41-32-29-26-23-20-17-14-11-8-5-2/h8,11,17,20-21,24,26,29-30,41,44-45,50,53,71H,4-7,9-10,12-16,18-19,22-23,25,27-28,31-40,42-43,46-49,51-52,54-70H2,1-3H3/b11-8-,20-17-,24-21-,29-26-,44-41-,45-30-,53-50-. The average Bonchev–Trinajstić information content (AvgIpc) is 3.46. The van der Waals surface area contributed by atoms with Crippen LogP contribution in [0.3, 0.4) is 0 Å². The van der Waals surface area contributed by atoms with Gasteiger partial charge in [-0.05, 0) is 96.3 Å². The molecule has 0 bridgehead atoms. The summed E-state index contributed by atoms with van der Waals surface area (Å²) in [5, 5.41) is 0. The van der Waals surface area contributed by atoms with Crippen molar-refractivity contribution in [3.8, 4) is 0 Å². The third-order valence-electron chi connectivity index (χ3n) is 15.1. The van der Waals surface area contributed by atoms with Crippen molar-refractivity contribution in [3.05, 3.63) is 85.1 Å². The van der Waals surface area contributed by atoms with Crippen LogP contribution in [0.5, 0.6) is 0 Å². The zero-order valence-corrected chi connectivity index (χ0v) is 53.1. The Morgan fingerprint density at radius 2 is 0.487 bits per heavy atom. The number of rotatable bonds is 63. The van der Waals surface area contributed by atoms with Gasteiger partial charge in [-0.15, -0.1) is 0 Å². The number of carbonyl (C=O) groups is 3. The van der Waals surface area contributed by atoms with Crippen molar-refractivity contribution in [2.45, 2.75) is 354 Å². The fourth-order valence-corrected chi connectivity index (χ4v) is 9.97. The largest absolute Gasteiger partial charge is 0.462 e. The summed E-state index contributed by atoms with van der Waals surface area (Å²) in [6.07, 6.45) is 90.4. The molecule has 0 saturated heterocycles. The van der Waals surface area contributed by atoms with Gasteiger partial charge in [-0.25, -0.2) is 0 Å². The van der Waals surface area contributed by atoms with Gasteiger partial charge in [0.05, 0.1) is 0 Å². The van der Waals surface area contributed by atoms with E-state index in [0.717, 1.165) is 122 Å². The van der Waals surface area contributed by atoms with Crippen LogP contribution in [0.25, 0.3) is 0 Å². The molecule has 1 unspecified atom stereocenters. The number of carbonyl (C=O) groups excluding carboxylic acids is 3. The van der Waals surface area contributed by atoms with E-state index in [1.54, 1.807) is 0 Å². The van der Waals surface area contributed by atoms with Crippen molar-refractivity contribution in [1.29, 1.82) is 0 Å². The Labute approximate surface area is 496 Å². The summed E-state index contributed by atoms with van der Waals surface area (Å²) in [6, 6.07) is 0. The highest BCUT2D eigenvalue weighted by atomic mass is 16.6. The highest BCUT2D eigenvalue weighted by Gasteiger charge is 2.19. The molecule has 0 rings (SSSR count). The zero-order chi connectivity index (χ0) is 57.8. The molecule has 6 heteroatoms. The van der Waals surface area contributed by atoms with Crippen LogP contribution in [0.4, 0.5) is 0 Å². The summed E-state index contributed by atoms with van der Waals surface area (Å²) in [6.45, 7) is 6.52. The van der Waals surface area contributed by atoms with Gasteiger partial charge < -0.3 is 14.2 Å². The third kappa shape index (κ3) is 65.4. The van der Waals surface area contributed by atoms with Gasteiger partial charge in [0.25, 0.3) is 0 Å². The molecule has 0 aliphatic heterocycles. The molecule has 6 nitrogen and oxygen atoms in total. The van der Waals surface area contributed by atoms with Crippen LogP contribution < -0.4 is 0 Å². The van der Waals surface area contributed by atoms with Crippen molar-refractivity contribution in [3.63, 3.8) is 0 Å². The number of ether oxygens (including phenoxy) is 3. The molecule has 0 saturated carbocycles. The Hall–Kier alpha value is -3.41. The van der Waals surface area contributed by atoms with Gasteiger partial charge in [0.1, 0.15) is 13.2 Å². The maximum Gasteiger partial charge on any atom is 0.306 e. The molecular weight excluding hydrogens is 985 g/mol. The van der Waals surface area contributed by atoms with Gasteiger partial charge in [-0.1, -0.05) is 318 Å². The topological polar surface area (TPSA) is 78.9 Å². The second-order valence-corrected chi connectivity index (χ2v) is 23.1. The maximum absolute atomic E-state index is 12.9.